The Morgan fingerprint density at radius 3 is 2.02 bits per heavy atom. The second kappa shape index (κ2) is 11.7. The van der Waals surface area contributed by atoms with Crippen LogP contribution in [0, 0.1) is 0 Å². The number of oxazole rings is 1. The van der Waals surface area contributed by atoms with Crippen LogP contribution in [0.25, 0.3) is 97.7 Å². The molecule has 0 saturated heterocycles. The Hall–Kier alpha value is -7.15. The van der Waals surface area contributed by atoms with Crippen LogP contribution in [-0.2, 0) is 0 Å². The maximum Gasteiger partial charge on any atom is 0.227 e. The van der Waals surface area contributed by atoms with Crippen LogP contribution < -0.4 is 4.90 Å². The summed E-state index contributed by atoms with van der Waals surface area (Å²) in [6.07, 6.45) is 0. The van der Waals surface area contributed by atoms with Crippen LogP contribution in [0.1, 0.15) is 0 Å². The number of furan rings is 2. The minimum absolute atomic E-state index is 0.601. The molecular weight excluding hydrogens is 697 g/mol. The molecule has 0 aliphatic rings. The highest BCUT2D eigenvalue weighted by molar-refractivity contribution is 7.25. The van der Waals surface area contributed by atoms with Gasteiger partial charge in [0.1, 0.15) is 27.8 Å². The number of hydrogen-bond acceptors (Lipinski definition) is 6. The van der Waals surface area contributed by atoms with Crippen LogP contribution in [0.2, 0.25) is 0 Å². The first-order valence-electron chi connectivity index (χ1n) is 18.3. The number of anilines is 3. The molecule has 12 aromatic rings. The summed E-state index contributed by atoms with van der Waals surface area (Å²) in [7, 11) is 0. The highest BCUT2D eigenvalue weighted by atomic mass is 32.1. The Morgan fingerprint density at radius 1 is 0.400 bits per heavy atom. The zero-order valence-electron chi connectivity index (χ0n) is 29.2. The second-order valence-electron chi connectivity index (χ2n) is 13.9. The van der Waals surface area contributed by atoms with Crippen molar-refractivity contribution in [2.24, 2.45) is 0 Å². The molecule has 5 nitrogen and oxygen atoms in total. The van der Waals surface area contributed by atoms with Crippen molar-refractivity contribution in [1.82, 2.24) is 4.98 Å². The van der Waals surface area contributed by atoms with Crippen molar-refractivity contribution in [3.63, 3.8) is 0 Å². The van der Waals surface area contributed by atoms with Gasteiger partial charge < -0.3 is 18.2 Å². The van der Waals surface area contributed by atoms with E-state index < -0.39 is 0 Å². The van der Waals surface area contributed by atoms with Crippen LogP contribution in [-0.4, -0.2) is 4.98 Å². The summed E-state index contributed by atoms with van der Waals surface area (Å²) >= 11 is 1.83. The number of hydrogen-bond donors (Lipinski definition) is 0. The van der Waals surface area contributed by atoms with E-state index in [9.17, 15) is 0 Å². The second-order valence-corrected chi connectivity index (χ2v) is 15.0. The molecule has 0 unspecified atom stereocenters. The van der Waals surface area contributed by atoms with Crippen molar-refractivity contribution in [2.45, 2.75) is 0 Å². The number of aromatic nitrogens is 1. The fraction of sp³-hybridized carbons (Fsp3) is 0. The van der Waals surface area contributed by atoms with Gasteiger partial charge in [0.2, 0.25) is 5.89 Å². The molecule has 0 saturated carbocycles. The van der Waals surface area contributed by atoms with Crippen molar-refractivity contribution in [2.75, 3.05) is 4.90 Å². The van der Waals surface area contributed by atoms with Gasteiger partial charge >= 0.3 is 0 Å². The molecule has 6 heteroatoms. The van der Waals surface area contributed by atoms with Gasteiger partial charge in [-0.05, 0) is 78.4 Å². The van der Waals surface area contributed by atoms with E-state index in [1.165, 1.54) is 20.2 Å². The zero-order chi connectivity index (χ0) is 36.0. The van der Waals surface area contributed by atoms with Gasteiger partial charge in [0.05, 0.1) is 0 Å². The number of benzene rings is 8. The van der Waals surface area contributed by atoms with Crippen LogP contribution in [0.3, 0.4) is 0 Å². The first-order chi connectivity index (χ1) is 27.2. The number of rotatable bonds is 5. The van der Waals surface area contributed by atoms with E-state index in [0.29, 0.717) is 11.5 Å². The van der Waals surface area contributed by atoms with E-state index in [2.05, 4.69) is 126 Å². The van der Waals surface area contributed by atoms with E-state index in [1.807, 2.05) is 59.9 Å². The Balaban J connectivity index is 0.978. The number of fused-ring (bicyclic) bond motifs is 10. The first kappa shape index (κ1) is 30.3. The van der Waals surface area contributed by atoms with E-state index in [-0.39, 0.29) is 0 Å². The number of thiophene rings is 1. The Kier molecular flexibility index (Phi) is 6.44. The van der Waals surface area contributed by atoms with E-state index >= 15 is 0 Å². The third-order valence-corrected chi connectivity index (χ3v) is 11.8. The van der Waals surface area contributed by atoms with Crippen LogP contribution in [0.5, 0.6) is 0 Å². The molecule has 0 atom stereocenters. The molecule has 258 valence electrons. The first-order valence-corrected chi connectivity index (χ1v) is 19.1. The van der Waals surface area contributed by atoms with Gasteiger partial charge in [-0.15, -0.1) is 11.3 Å². The minimum Gasteiger partial charge on any atom is -0.456 e. The maximum absolute atomic E-state index is 6.61. The summed E-state index contributed by atoms with van der Waals surface area (Å²) in [5.41, 5.74) is 11.1. The fourth-order valence-corrected chi connectivity index (χ4v) is 9.23. The monoisotopic (exact) mass is 724 g/mol. The van der Waals surface area contributed by atoms with Crippen LogP contribution >= 0.6 is 11.3 Å². The zero-order valence-corrected chi connectivity index (χ0v) is 30.0. The summed E-state index contributed by atoms with van der Waals surface area (Å²) in [5.74, 6) is 0.601. The number of nitrogens with zero attached hydrogens (tertiary/aromatic N) is 2. The smallest absolute Gasteiger partial charge is 0.227 e. The lowest BCUT2D eigenvalue weighted by Gasteiger charge is -2.26. The van der Waals surface area contributed by atoms with Crippen molar-refractivity contribution < 1.29 is 13.3 Å². The molecule has 0 aliphatic carbocycles. The summed E-state index contributed by atoms with van der Waals surface area (Å²) in [4.78, 5) is 7.15. The molecule has 0 aliphatic heterocycles. The Labute approximate surface area is 317 Å². The molecule has 4 heterocycles. The van der Waals surface area contributed by atoms with Gasteiger partial charge in [-0.2, -0.15) is 0 Å². The summed E-state index contributed by atoms with van der Waals surface area (Å²) in [6, 6.07) is 59.3. The fourth-order valence-electron chi connectivity index (χ4n) is 8.09. The molecular formula is C49H28N2O3S. The van der Waals surface area contributed by atoms with Crippen molar-refractivity contribution in [1.29, 1.82) is 0 Å². The standard InChI is InChI=1S/C49H28N2O3S/c1-2-9-30(10-3-1)49-50-41-27-40-38-14-8-13-34(48(38)53-44(40)28-45(41)54-49)29-17-19-31(20-18-29)51(32-22-24-43-39(25-32)35-11-4-6-15-42(35)52-43)33-21-23-37-36-12-5-7-16-46(36)55-47(37)26-33/h1-28H. The normalized spacial score (nSPS) is 12.0. The molecule has 55 heavy (non-hydrogen) atoms. The molecule has 0 bridgehead atoms. The van der Waals surface area contributed by atoms with Crippen molar-refractivity contribution in [3.8, 4) is 22.6 Å². The highest BCUT2D eigenvalue weighted by Gasteiger charge is 2.19. The lowest BCUT2D eigenvalue weighted by atomic mass is 10.0. The predicted octanol–water partition coefficient (Wildman–Crippen LogP) is 14.8. The Morgan fingerprint density at radius 2 is 1.11 bits per heavy atom. The molecule has 0 radical (unpaired) electrons. The van der Waals surface area contributed by atoms with E-state index in [0.717, 1.165) is 83.1 Å². The van der Waals surface area contributed by atoms with Crippen molar-refractivity contribution in [3.05, 3.63) is 170 Å². The third kappa shape index (κ3) is 4.75. The lowest BCUT2D eigenvalue weighted by Crippen LogP contribution is -2.09. The third-order valence-electron chi connectivity index (χ3n) is 10.7. The molecule has 0 N–H and O–H groups in total. The van der Waals surface area contributed by atoms with E-state index in [4.69, 9.17) is 18.2 Å². The quantitative estimate of drug-likeness (QED) is 0.177. The van der Waals surface area contributed by atoms with Crippen LogP contribution in [0.15, 0.2) is 183 Å². The molecule has 12 rings (SSSR count). The average Bonchev–Trinajstić information content (AvgIpc) is 4.01. The van der Waals surface area contributed by atoms with E-state index in [1.54, 1.807) is 0 Å². The van der Waals surface area contributed by atoms with Gasteiger partial charge in [-0.3, -0.25) is 0 Å². The lowest BCUT2D eigenvalue weighted by molar-refractivity contribution is 0.617. The average molecular weight is 725 g/mol. The molecule has 0 amide bonds. The SMILES string of the molecule is c1ccc(-c2nc3cc4c(cc3o2)oc2c(-c3ccc(N(c5ccc6c(c5)sc5ccccc56)c5ccc6oc7ccccc7c6c5)cc3)cccc24)cc1. The van der Waals surface area contributed by atoms with Crippen molar-refractivity contribution >= 4 is 104 Å². The molecule has 0 fully saturated rings. The number of para-hydroxylation sites is 2. The largest absolute Gasteiger partial charge is 0.456 e. The summed E-state index contributed by atoms with van der Waals surface area (Å²) in [5, 5.41) is 6.81. The predicted molar refractivity (Wildman–Crippen MR) is 227 cm³/mol. The minimum atomic E-state index is 0.601. The van der Waals surface area contributed by atoms with Gasteiger partial charge in [0.15, 0.2) is 5.58 Å². The van der Waals surface area contributed by atoms with Gasteiger partial charge in [-0.25, -0.2) is 4.98 Å². The molecule has 8 aromatic carbocycles. The maximum atomic E-state index is 6.61. The van der Waals surface area contributed by atoms with Gasteiger partial charge in [0.25, 0.3) is 0 Å². The van der Waals surface area contributed by atoms with Gasteiger partial charge in [-0.1, -0.05) is 91.0 Å². The van der Waals surface area contributed by atoms with Crippen LogP contribution in [0.4, 0.5) is 17.1 Å². The summed E-state index contributed by atoms with van der Waals surface area (Å²) in [6.45, 7) is 0. The highest BCUT2D eigenvalue weighted by Crippen LogP contribution is 2.44. The summed E-state index contributed by atoms with van der Waals surface area (Å²) < 4.78 is 21.5. The Bertz CT molecular complexity index is 3440. The molecule has 4 aromatic heterocycles. The molecule has 0 spiro atoms. The van der Waals surface area contributed by atoms with Gasteiger partial charge in [0, 0.05) is 76.0 Å². The topological polar surface area (TPSA) is 55.6 Å².